The van der Waals surface area contributed by atoms with Crippen LogP contribution in [-0.2, 0) is 16.4 Å². The average molecular weight is 324 g/mol. The number of carboxylic acids is 1. The third-order valence-electron chi connectivity index (χ3n) is 3.36. The summed E-state index contributed by atoms with van der Waals surface area (Å²) in [7, 11) is -3.84. The Labute approximate surface area is 131 Å². The molecule has 0 bridgehead atoms. The van der Waals surface area contributed by atoms with E-state index in [1.54, 1.807) is 13.8 Å². The molecule has 0 saturated heterocycles. The van der Waals surface area contributed by atoms with Crippen LogP contribution in [0.5, 0.6) is 0 Å². The number of nitriles is 1. The molecule has 0 aromatic heterocycles. The minimum Gasteiger partial charge on any atom is -0.478 e. The molecule has 1 atom stereocenters. The first-order chi connectivity index (χ1) is 10.3. The Kier molecular flexibility index (Phi) is 6.09. The zero-order valence-corrected chi connectivity index (χ0v) is 13.7. The van der Waals surface area contributed by atoms with Crippen molar-refractivity contribution in [2.24, 2.45) is 5.92 Å². The topological polar surface area (TPSA) is 98.5 Å². The molecule has 0 aliphatic carbocycles. The van der Waals surface area contributed by atoms with Crippen LogP contribution >= 0.6 is 0 Å². The number of aryl methyl sites for hydroxylation is 1. The molecule has 0 saturated carbocycles. The molecular weight excluding hydrogens is 304 g/mol. The minimum absolute atomic E-state index is 0.00175. The van der Waals surface area contributed by atoms with Crippen molar-refractivity contribution in [1.29, 1.82) is 5.26 Å². The van der Waals surface area contributed by atoms with Gasteiger partial charge in [0, 0.05) is 13.1 Å². The van der Waals surface area contributed by atoms with E-state index < -0.39 is 21.9 Å². The summed E-state index contributed by atoms with van der Waals surface area (Å²) in [6.07, 6.45) is 0.472. The molecule has 0 aliphatic heterocycles. The molecule has 0 radical (unpaired) electrons. The molecule has 22 heavy (non-hydrogen) atoms. The van der Waals surface area contributed by atoms with Gasteiger partial charge in [-0.2, -0.15) is 9.57 Å². The van der Waals surface area contributed by atoms with Gasteiger partial charge in [0.15, 0.2) is 0 Å². The van der Waals surface area contributed by atoms with Crippen LogP contribution in [0.1, 0.15) is 36.7 Å². The van der Waals surface area contributed by atoms with Gasteiger partial charge in [0.25, 0.3) is 0 Å². The molecule has 0 heterocycles. The molecule has 0 aliphatic rings. The SMILES string of the molecule is CCc1ccc(C(=O)O)cc1S(=O)(=O)N(CC)CC(C)C#N. The average Bonchev–Trinajstić information content (AvgIpc) is 2.51. The summed E-state index contributed by atoms with van der Waals surface area (Å²) in [5, 5.41) is 18.0. The first kappa shape index (κ1) is 18.1. The van der Waals surface area contributed by atoms with E-state index in [9.17, 15) is 13.2 Å². The van der Waals surface area contributed by atoms with Crippen LogP contribution in [0.15, 0.2) is 23.1 Å². The smallest absolute Gasteiger partial charge is 0.335 e. The molecule has 1 unspecified atom stereocenters. The fraction of sp³-hybridized carbons (Fsp3) is 0.467. The molecule has 7 heteroatoms. The van der Waals surface area contributed by atoms with Crippen LogP contribution in [-0.4, -0.2) is 36.9 Å². The Morgan fingerprint density at radius 1 is 1.41 bits per heavy atom. The molecule has 1 N–H and O–H groups in total. The fourth-order valence-electron chi connectivity index (χ4n) is 2.10. The van der Waals surface area contributed by atoms with Gasteiger partial charge in [-0.15, -0.1) is 0 Å². The van der Waals surface area contributed by atoms with Crippen molar-refractivity contribution in [2.75, 3.05) is 13.1 Å². The van der Waals surface area contributed by atoms with Crippen molar-refractivity contribution < 1.29 is 18.3 Å². The number of sulfonamides is 1. The van der Waals surface area contributed by atoms with Crippen LogP contribution in [0.4, 0.5) is 0 Å². The fourth-order valence-corrected chi connectivity index (χ4v) is 3.96. The van der Waals surface area contributed by atoms with E-state index >= 15 is 0 Å². The maximum Gasteiger partial charge on any atom is 0.335 e. The van der Waals surface area contributed by atoms with Gasteiger partial charge in [0.1, 0.15) is 0 Å². The number of rotatable bonds is 7. The number of nitrogens with zero attached hydrogens (tertiary/aromatic N) is 2. The first-order valence-electron chi connectivity index (χ1n) is 7.03. The van der Waals surface area contributed by atoms with E-state index in [-0.39, 0.29) is 23.5 Å². The third-order valence-corrected chi connectivity index (χ3v) is 5.39. The van der Waals surface area contributed by atoms with Gasteiger partial charge in [-0.05, 0) is 31.0 Å². The second kappa shape index (κ2) is 7.38. The lowest BCUT2D eigenvalue weighted by Crippen LogP contribution is -2.35. The van der Waals surface area contributed by atoms with Gasteiger partial charge in [-0.3, -0.25) is 0 Å². The van der Waals surface area contributed by atoms with E-state index in [2.05, 4.69) is 0 Å². The Bertz CT molecular complexity index is 692. The summed E-state index contributed by atoms with van der Waals surface area (Å²) in [5.41, 5.74) is 0.494. The Morgan fingerprint density at radius 2 is 2.05 bits per heavy atom. The van der Waals surface area contributed by atoms with E-state index in [4.69, 9.17) is 10.4 Å². The van der Waals surface area contributed by atoms with E-state index in [0.717, 1.165) is 0 Å². The van der Waals surface area contributed by atoms with Gasteiger partial charge in [-0.1, -0.05) is 19.9 Å². The largest absolute Gasteiger partial charge is 0.478 e. The highest BCUT2D eigenvalue weighted by atomic mass is 32.2. The standard InChI is InChI=1S/C15H20N2O4S/c1-4-12-6-7-13(15(18)19)8-14(12)22(20,21)17(5-2)10-11(3)9-16/h6-8,11H,4-5,10H2,1-3H3,(H,18,19). The van der Waals surface area contributed by atoms with Crippen LogP contribution < -0.4 is 0 Å². The lowest BCUT2D eigenvalue weighted by molar-refractivity contribution is 0.0696. The zero-order chi connectivity index (χ0) is 16.9. The van der Waals surface area contributed by atoms with Crippen LogP contribution in [0.25, 0.3) is 0 Å². The summed E-state index contributed by atoms with van der Waals surface area (Å²) >= 11 is 0. The second-order valence-corrected chi connectivity index (χ2v) is 6.87. The second-order valence-electron chi connectivity index (χ2n) is 4.97. The molecule has 1 rings (SSSR count). The molecule has 0 fully saturated rings. The van der Waals surface area contributed by atoms with Gasteiger partial charge in [0.2, 0.25) is 10.0 Å². The summed E-state index contributed by atoms with van der Waals surface area (Å²) in [5.74, 6) is -1.62. The highest BCUT2D eigenvalue weighted by molar-refractivity contribution is 7.89. The number of benzene rings is 1. The number of carboxylic acid groups (broad SMARTS) is 1. The van der Waals surface area contributed by atoms with Crippen molar-refractivity contribution in [3.63, 3.8) is 0 Å². The van der Waals surface area contributed by atoms with Gasteiger partial charge in [0.05, 0.1) is 22.4 Å². The van der Waals surface area contributed by atoms with E-state index in [0.29, 0.717) is 12.0 Å². The van der Waals surface area contributed by atoms with Crippen molar-refractivity contribution in [1.82, 2.24) is 4.31 Å². The first-order valence-corrected chi connectivity index (χ1v) is 8.47. The zero-order valence-electron chi connectivity index (χ0n) is 12.9. The maximum atomic E-state index is 12.8. The molecule has 0 spiro atoms. The van der Waals surface area contributed by atoms with Crippen molar-refractivity contribution in [3.8, 4) is 6.07 Å². The Morgan fingerprint density at radius 3 is 2.50 bits per heavy atom. The lowest BCUT2D eigenvalue weighted by Gasteiger charge is -2.23. The molecule has 0 amide bonds. The summed E-state index contributed by atoms with van der Waals surface area (Å²) < 4.78 is 26.8. The minimum atomic E-state index is -3.84. The van der Waals surface area contributed by atoms with Gasteiger partial charge in [-0.25, -0.2) is 13.2 Å². The Hall–Kier alpha value is -1.91. The number of hydrogen-bond donors (Lipinski definition) is 1. The number of aromatic carboxylic acids is 1. The normalized spacial score (nSPS) is 12.9. The molecule has 6 nitrogen and oxygen atoms in total. The summed E-state index contributed by atoms with van der Waals surface area (Å²) in [6, 6.07) is 6.12. The third kappa shape index (κ3) is 3.84. The monoisotopic (exact) mass is 324 g/mol. The van der Waals surface area contributed by atoms with E-state index in [1.807, 2.05) is 13.0 Å². The van der Waals surface area contributed by atoms with Gasteiger partial charge >= 0.3 is 5.97 Å². The maximum absolute atomic E-state index is 12.8. The predicted octanol–water partition coefficient (Wildman–Crippen LogP) is 2.12. The van der Waals surface area contributed by atoms with Crippen molar-refractivity contribution in [2.45, 2.75) is 32.1 Å². The summed E-state index contributed by atoms with van der Waals surface area (Å²) in [4.78, 5) is 11.1. The van der Waals surface area contributed by atoms with Crippen LogP contribution in [0.2, 0.25) is 0 Å². The molecule has 120 valence electrons. The van der Waals surface area contributed by atoms with Gasteiger partial charge < -0.3 is 5.11 Å². The lowest BCUT2D eigenvalue weighted by atomic mass is 10.1. The Balaban J connectivity index is 3.39. The number of hydrogen-bond acceptors (Lipinski definition) is 4. The molecular formula is C15H20N2O4S. The molecule has 1 aromatic rings. The van der Waals surface area contributed by atoms with Crippen molar-refractivity contribution in [3.05, 3.63) is 29.3 Å². The van der Waals surface area contributed by atoms with Crippen LogP contribution in [0, 0.1) is 17.2 Å². The highest BCUT2D eigenvalue weighted by Gasteiger charge is 2.27. The summed E-state index contributed by atoms with van der Waals surface area (Å²) in [6.45, 7) is 5.44. The van der Waals surface area contributed by atoms with Crippen LogP contribution in [0.3, 0.4) is 0 Å². The highest BCUT2D eigenvalue weighted by Crippen LogP contribution is 2.23. The van der Waals surface area contributed by atoms with E-state index in [1.165, 1.54) is 22.5 Å². The molecule has 1 aromatic carbocycles. The number of carbonyl (C=O) groups is 1. The predicted molar refractivity (Wildman–Crippen MR) is 82.0 cm³/mol. The quantitative estimate of drug-likeness (QED) is 0.828. The van der Waals surface area contributed by atoms with Crippen molar-refractivity contribution >= 4 is 16.0 Å².